The molecule has 1 unspecified atom stereocenters. The molecule has 2 aromatic carbocycles. The average Bonchev–Trinajstić information content (AvgIpc) is 2.93. The molecule has 4 rings (SSSR count). The molecule has 1 heterocycles. The number of benzene rings is 2. The van der Waals surface area contributed by atoms with Crippen LogP contribution in [0.25, 0.3) is 11.5 Å². The third kappa shape index (κ3) is 1.91. The van der Waals surface area contributed by atoms with Crippen LogP contribution in [0, 0.1) is 6.92 Å². The van der Waals surface area contributed by atoms with E-state index in [9.17, 15) is 0 Å². The van der Waals surface area contributed by atoms with E-state index in [0.29, 0.717) is 5.89 Å². The second kappa shape index (κ2) is 4.45. The monoisotopic (exact) mass is 277 g/mol. The summed E-state index contributed by atoms with van der Waals surface area (Å²) in [5, 5.41) is 4.14. The highest BCUT2D eigenvalue weighted by Gasteiger charge is 2.31. The molecule has 2 N–H and O–H groups in total. The number of hydrogen-bond donors (Lipinski definition) is 1. The topological polar surface area (TPSA) is 64.9 Å². The summed E-state index contributed by atoms with van der Waals surface area (Å²) in [5.41, 5.74) is 11.3. The molecule has 0 amide bonds. The molecule has 0 fully saturated rings. The number of anilines is 1. The predicted molar refractivity (Wildman–Crippen MR) is 80.9 cm³/mol. The zero-order valence-corrected chi connectivity index (χ0v) is 11.7. The number of fused-ring (bicyclic) bond motifs is 1. The van der Waals surface area contributed by atoms with Crippen molar-refractivity contribution in [3.8, 4) is 11.5 Å². The summed E-state index contributed by atoms with van der Waals surface area (Å²) < 4.78 is 5.40. The van der Waals surface area contributed by atoms with Gasteiger partial charge in [0.15, 0.2) is 5.82 Å². The number of aryl methyl sites for hydroxylation is 1. The van der Waals surface area contributed by atoms with Crippen molar-refractivity contribution in [3.63, 3.8) is 0 Å². The van der Waals surface area contributed by atoms with Gasteiger partial charge in [-0.05, 0) is 42.2 Å². The molecule has 0 saturated carbocycles. The van der Waals surface area contributed by atoms with Crippen LogP contribution in [0.1, 0.15) is 28.4 Å². The fraction of sp³-hybridized carbons (Fsp3) is 0.176. The van der Waals surface area contributed by atoms with Crippen LogP contribution in [0.5, 0.6) is 0 Å². The SMILES string of the molecule is Cc1ccc(-c2nc(C3Cc4ccccc43)no2)cc1N. The van der Waals surface area contributed by atoms with E-state index in [0.717, 1.165) is 29.1 Å². The highest BCUT2D eigenvalue weighted by Crippen LogP contribution is 2.39. The highest BCUT2D eigenvalue weighted by molar-refractivity contribution is 5.62. The minimum absolute atomic E-state index is 0.251. The van der Waals surface area contributed by atoms with E-state index in [-0.39, 0.29) is 5.92 Å². The normalized spacial score (nSPS) is 16.3. The summed E-state index contributed by atoms with van der Waals surface area (Å²) >= 11 is 0. The summed E-state index contributed by atoms with van der Waals surface area (Å²) in [4.78, 5) is 4.54. The van der Waals surface area contributed by atoms with E-state index < -0.39 is 0 Å². The molecule has 0 aliphatic heterocycles. The zero-order chi connectivity index (χ0) is 14.4. The lowest BCUT2D eigenvalue weighted by Gasteiger charge is -2.27. The van der Waals surface area contributed by atoms with Crippen LogP contribution in [0.4, 0.5) is 5.69 Å². The van der Waals surface area contributed by atoms with Gasteiger partial charge >= 0.3 is 0 Å². The predicted octanol–water partition coefficient (Wildman–Crippen LogP) is 3.32. The molecule has 0 saturated heterocycles. The summed E-state index contributed by atoms with van der Waals surface area (Å²) in [7, 11) is 0. The van der Waals surface area contributed by atoms with Gasteiger partial charge in [0.25, 0.3) is 5.89 Å². The van der Waals surface area contributed by atoms with Gasteiger partial charge in [0, 0.05) is 11.3 Å². The van der Waals surface area contributed by atoms with Gasteiger partial charge in [0.2, 0.25) is 0 Å². The number of hydrogen-bond acceptors (Lipinski definition) is 4. The zero-order valence-electron chi connectivity index (χ0n) is 11.7. The van der Waals surface area contributed by atoms with E-state index in [1.807, 2.05) is 31.2 Å². The molecule has 4 nitrogen and oxygen atoms in total. The van der Waals surface area contributed by atoms with Crippen molar-refractivity contribution >= 4 is 5.69 Å². The van der Waals surface area contributed by atoms with Crippen LogP contribution in [-0.2, 0) is 6.42 Å². The van der Waals surface area contributed by atoms with Crippen molar-refractivity contribution in [2.24, 2.45) is 0 Å². The minimum atomic E-state index is 0.251. The Morgan fingerprint density at radius 1 is 1.19 bits per heavy atom. The van der Waals surface area contributed by atoms with Crippen molar-refractivity contribution in [2.75, 3.05) is 5.73 Å². The molecule has 1 atom stereocenters. The van der Waals surface area contributed by atoms with Crippen LogP contribution in [-0.4, -0.2) is 10.1 Å². The lowest BCUT2D eigenvalue weighted by Crippen LogP contribution is -2.19. The second-order valence-corrected chi connectivity index (χ2v) is 5.48. The number of nitrogens with two attached hydrogens (primary N) is 1. The Labute approximate surface area is 122 Å². The van der Waals surface area contributed by atoms with Crippen molar-refractivity contribution in [2.45, 2.75) is 19.3 Å². The first-order chi connectivity index (χ1) is 10.2. The first-order valence-corrected chi connectivity index (χ1v) is 7.00. The standard InChI is InChI=1S/C17H15N3O/c1-10-6-7-12(9-15(10)18)17-19-16(20-21-17)14-8-11-4-2-3-5-13(11)14/h2-7,9,14H,8,18H2,1H3. The Balaban J connectivity index is 1.66. The molecule has 21 heavy (non-hydrogen) atoms. The lowest BCUT2D eigenvalue weighted by atomic mass is 9.77. The highest BCUT2D eigenvalue weighted by atomic mass is 16.5. The van der Waals surface area contributed by atoms with E-state index in [1.54, 1.807) is 0 Å². The number of nitrogens with zero attached hydrogens (tertiary/aromatic N) is 2. The molecule has 1 aliphatic rings. The van der Waals surface area contributed by atoms with Gasteiger partial charge in [-0.25, -0.2) is 0 Å². The van der Waals surface area contributed by atoms with Gasteiger partial charge in [-0.3, -0.25) is 0 Å². The Morgan fingerprint density at radius 2 is 2.05 bits per heavy atom. The van der Waals surface area contributed by atoms with Crippen molar-refractivity contribution < 1.29 is 4.52 Å². The second-order valence-electron chi connectivity index (χ2n) is 5.48. The third-order valence-electron chi connectivity index (χ3n) is 4.13. The van der Waals surface area contributed by atoms with E-state index >= 15 is 0 Å². The molecular weight excluding hydrogens is 262 g/mol. The fourth-order valence-electron chi connectivity index (χ4n) is 2.76. The maximum Gasteiger partial charge on any atom is 0.258 e. The minimum Gasteiger partial charge on any atom is -0.398 e. The summed E-state index contributed by atoms with van der Waals surface area (Å²) in [6.07, 6.45) is 0.977. The van der Waals surface area contributed by atoms with Crippen LogP contribution in [0.2, 0.25) is 0 Å². The Kier molecular flexibility index (Phi) is 2.57. The summed E-state index contributed by atoms with van der Waals surface area (Å²) in [6.45, 7) is 1.98. The first kappa shape index (κ1) is 12.1. The van der Waals surface area contributed by atoms with Gasteiger partial charge in [0.05, 0.1) is 5.92 Å². The molecule has 0 radical (unpaired) electrons. The number of aromatic nitrogens is 2. The maximum absolute atomic E-state index is 5.94. The molecule has 3 aromatic rings. The Bertz CT molecular complexity index is 822. The van der Waals surface area contributed by atoms with Gasteiger partial charge in [0.1, 0.15) is 0 Å². The van der Waals surface area contributed by atoms with E-state index in [2.05, 4.69) is 28.3 Å². The Hall–Kier alpha value is -2.62. The average molecular weight is 277 g/mol. The quantitative estimate of drug-likeness (QED) is 0.730. The van der Waals surface area contributed by atoms with Crippen LogP contribution in [0.15, 0.2) is 47.0 Å². The van der Waals surface area contributed by atoms with Crippen molar-refractivity contribution in [3.05, 3.63) is 65.0 Å². The third-order valence-corrected chi connectivity index (χ3v) is 4.13. The molecule has 0 spiro atoms. The number of rotatable bonds is 2. The van der Waals surface area contributed by atoms with Gasteiger partial charge in [-0.15, -0.1) is 0 Å². The Morgan fingerprint density at radius 3 is 2.86 bits per heavy atom. The van der Waals surface area contributed by atoms with Gasteiger partial charge in [-0.2, -0.15) is 4.98 Å². The molecule has 4 heteroatoms. The van der Waals surface area contributed by atoms with Gasteiger partial charge < -0.3 is 10.3 Å². The molecule has 1 aliphatic carbocycles. The smallest absolute Gasteiger partial charge is 0.258 e. The van der Waals surface area contributed by atoms with Crippen LogP contribution in [0.3, 0.4) is 0 Å². The maximum atomic E-state index is 5.94. The summed E-state index contributed by atoms with van der Waals surface area (Å²) in [6, 6.07) is 14.2. The van der Waals surface area contributed by atoms with E-state index in [4.69, 9.17) is 10.3 Å². The van der Waals surface area contributed by atoms with E-state index in [1.165, 1.54) is 11.1 Å². The van der Waals surface area contributed by atoms with Crippen molar-refractivity contribution in [1.29, 1.82) is 0 Å². The largest absolute Gasteiger partial charge is 0.398 e. The molecular formula is C17H15N3O. The van der Waals surface area contributed by atoms with Gasteiger partial charge in [-0.1, -0.05) is 35.5 Å². The van der Waals surface area contributed by atoms with Crippen LogP contribution >= 0.6 is 0 Å². The summed E-state index contributed by atoms with van der Waals surface area (Å²) in [5.74, 6) is 1.53. The molecule has 104 valence electrons. The van der Waals surface area contributed by atoms with Crippen molar-refractivity contribution in [1.82, 2.24) is 10.1 Å². The first-order valence-electron chi connectivity index (χ1n) is 7.00. The number of nitrogen functional groups attached to an aromatic ring is 1. The van der Waals surface area contributed by atoms with Crippen LogP contribution < -0.4 is 5.73 Å². The fourth-order valence-corrected chi connectivity index (χ4v) is 2.76. The lowest BCUT2D eigenvalue weighted by molar-refractivity contribution is 0.416. The molecule has 0 bridgehead atoms. The molecule has 1 aromatic heterocycles.